The van der Waals surface area contributed by atoms with Crippen LogP contribution in [0.15, 0.2) is 11.6 Å². The predicted molar refractivity (Wildman–Crippen MR) is 127 cm³/mol. The van der Waals surface area contributed by atoms with E-state index in [4.69, 9.17) is 9.47 Å². The van der Waals surface area contributed by atoms with Crippen LogP contribution in [-0.2, 0) is 9.47 Å². The lowest BCUT2D eigenvalue weighted by Gasteiger charge is -2.34. The molecule has 0 amide bonds. The molecule has 1 heterocycles. The van der Waals surface area contributed by atoms with Crippen molar-refractivity contribution in [2.75, 3.05) is 13.2 Å². The minimum atomic E-state index is -1.22. The summed E-state index contributed by atoms with van der Waals surface area (Å²) in [6, 6.07) is 0. The van der Waals surface area contributed by atoms with E-state index in [-0.39, 0.29) is 6.61 Å². The predicted octanol–water partition coefficient (Wildman–Crippen LogP) is 5.22. The molecular weight excluding hydrogens is 392 g/mol. The number of aliphatic hydroxyl groups excluding tert-OH is 3. The SMILES string of the molecule is CC(=CCCOC1OCC(O)C(O)C1O)CCCC(C)CCCC(C)CCCC(C)C. The molecule has 0 spiro atoms. The summed E-state index contributed by atoms with van der Waals surface area (Å²) in [7, 11) is 0. The topological polar surface area (TPSA) is 79.2 Å². The largest absolute Gasteiger partial charge is 0.388 e. The highest BCUT2D eigenvalue weighted by Gasteiger charge is 2.37. The second kappa shape index (κ2) is 16.2. The van der Waals surface area contributed by atoms with Gasteiger partial charge in [0.05, 0.1) is 13.2 Å². The van der Waals surface area contributed by atoms with Gasteiger partial charge in [-0.25, -0.2) is 0 Å². The normalized spacial score (nSPS) is 26.9. The van der Waals surface area contributed by atoms with E-state index in [0.717, 1.165) is 30.6 Å². The Balaban J connectivity index is 2.06. The second-order valence-corrected chi connectivity index (χ2v) is 10.3. The van der Waals surface area contributed by atoms with Crippen LogP contribution >= 0.6 is 0 Å². The van der Waals surface area contributed by atoms with Crippen LogP contribution in [0.3, 0.4) is 0 Å². The van der Waals surface area contributed by atoms with Crippen molar-refractivity contribution in [1.82, 2.24) is 0 Å². The lowest BCUT2D eigenvalue weighted by Crippen LogP contribution is -2.53. The van der Waals surface area contributed by atoms with Crippen LogP contribution in [-0.4, -0.2) is 53.1 Å². The molecule has 0 aromatic heterocycles. The van der Waals surface area contributed by atoms with Gasteiger partial charge in [-0.15, -0.1) is 0 Å². The van der Waals surface area contributed by atoms with Crippen LogP contribution in [0.25, 0.3) is 0 Å². The first kappa shape index (κ1) is 28.6. The summed E-state index contributed by atoms with van der Waals surface area (Å²) in [6.07, 6.45) is 10.4. The molecule has 0 saturated carbocycles. The molecule has 0 bridgehead atoms. The van der Waals surface area contributed by atoms with Crippen LogP contribution < -0.4 is 0 Å². The maximum atomic E-state index is 9.86. The molecule has 1 saturated heterocycles. The Kier molecular flexibility index (Phi) is 14.9. The van der Waals surface area contributed by atoms with E-state index in [1.54, 1.807) is 0 Å². The van der Waals surface area contributed by atoms with Crippen molar-refractivity contribution >= 4 is 0 Å². The third-order valence-corrected chi connectivity index (χ3v) is 6.49. The average molecular weight is 443 g/mol. The van der Waals surface area contributed by atoms with Crippen LogP contribution in [0.4, 0.5) is 0 Å². The maximum Gasteiger partial charge on any atom is 0.186 e. The molecule has 1 rings (SSSR count). The number of rotatable bonds is 16. The third-order valence-electron chi connectivity index (χ3n) is 6.49. The second-order valence-electron chi connectivity index (χ2n) is 10.3. The zero-order chi connectivity index (χ0) is 23.2. The summed E-state index contributed by atoms with van der Waals surface area (Å²) >= 11 is 0. The fourth-order valence-electron chi connectivity index (χ4n) is 4.22. The van der Waals surface area contributed by atoms with Gasteiger partial charge in [-0.1, -0.05) is 84.3 Å². The Morgan fingerprint density at radius 1 is 0.903 bits per heavy atom. The molecule has 3 N–H and O–H groups in total. The lowest BCUT2D eigenvalue weighted by molar-refractivity contribution is -0.269. The molecule has 0 radical (unpaired) electrons. The molecule has 184 valence electrons. The van der Waals surface area contributed by atoms with Crippen molar-refractivity contribution in [3.8, 4) is 0 Å². The minimum absolute atomic E-state index is 0.0208. The van der Waals surface area contributed by atoms with Crippen molar-refractivity contribution in [3.05, 3.63) is 11.6 Å². The van der Waals surface area contributed by atoms with Gasteiger partial charge < -0.3 is 24.8 Å². The van der Waals surface area contributed by atoms with E-state index in [9.17, 15) is 15.3 Å². The van der Waals surface area contributed by atoms with Crippen LogP contribution in [0.5, 0.6) is 0 Å². The Labute approximate surface area is 191 Å². The minimum Gasteiger partial charge on any atom is -0.388 e. The van der Waals surface area contributed by atoms with Gasteiger partial charge in [-0.3, -0.25) is 0 Å². The molecule has 1 aliphatic heterocycles. The Bertz CT molecular complexity index is 478. The van der Waals surface area contributed by atoms with E-state index in [1.165, 1.54) is 56.9 Å². The highest BCUT2D eigenvalue weighted by atomic mass is 16.7. The zero-order valence-electron chi connectivity index (χ0n) is 20.8. The van der Waals surface area contributed by atoms with Gasteiger partial charge in [0.15, 0.2) is 6.29 Å². The van der Waals surface area contributed by atoms with Crippen LogP contribution in [0.2, 0.25) is 0 Å². The van der Waals surface area contributed by atoms with Crippen LogP contribution in [0, 0.1) is 17.8 Å². The molecule has 31 heavy (non-hydrogen) atoms. The number of allylic oxidation sites excluding steroid dienone is 1. The number of ether oxygens (including phenoxy) is 2. The van der Waals surface area contributed by atoms with Crippen LogP contribution in [0.1, 0.15) is 98.8 Å². The van der Waals surface area contributed by atoms with Crippen molar-refractivity contribution in [2.45, 2.75) is 123 Å². The van der Waals surface area contributed by atoms with Gasteiger partial charge >= 0.3 is 0 Å². The molecule has 1 fully saturated rings. The van der Waals surface area contributed by atoms with Gasteiger partial charge in [0.25, 0.3) is 0 Å². The number of hydrogen-bond donors (Lipinski definition) is 3. The Hall–Kier alpha value is -0.460. The molecule has 0 aromatic carbocycles. The van der Waals surface area contributed by atoms with E-state index in [2.05, 4.69) is 40.7 Å². The zero-order valence-corrected chi connectivity index (χ0v) is 20.8. The van der Waals surface area contributed by atoms with Gasteiger partial charge in [0, 0.05) is 0 Å². The maximum absolute atomic E-state index is 9.86. The van der Waals surface area contributed by atoms with E-state index in [1.807, 2.05) is 0 Å². The fraction of sp³-hybridized carbons (Fsp3) is 0.923. The van der Waals surface area contributed by atoms with Gasteiger partial charge in [0.2, 0.25) is 0 Å². The summed E-state index contributed by atoms with van der Waals surface area (Å²) in [6.45, 7) is 12.0. The average Bonchev–Trinajstić information content (AvgIpc) is 2.70. The van der Waals surface area contributed by atoms with Crippen molar-refractivity contribution in [2.24, 2.45) is 17.8 Å². The van der Waals surface area contributed by atoms with Gasteiger partial charge in [0.1, 0.15) is 18.3 Å². The first-order chi connectivity index (χ1) is 14.7. The highest BCUT2D eigenvalue weighted by molar-refractivity contribution is 4.97. The molecule has 6 atom stereocenters. The molecule has 6 unspecified atom stereocenters. The Morgan fingerprint density at radius 2 is 1.48 bits per heavy atom. The first-order valence-corrected chi connectivity index (χ1v) is 12.6. The van der Waals surface area contributed by atoms with Crippen molar-refractivity contribution < 1.29 is 24.8 Å². The first-order valence-electron chi connectivity index (χ1n) is 12.6. The van der Waals surface area contributed by atoms with Gasteiger partial charge in [-0.05, 0) is 43.9 Å². The molecular formula is C26H50O5. The standard InChI is InChI=1S/C26H50O5/c1-19(2)10-6-11-20(3)12-7-13-21(4)14-8-15-22(5)16-9-17-30-26-25(29)24(28)23(27)18-31-26/h16,19-21,23-29H,6-15,17-18H2,1-5H3. The van der Waals surface area contributed by atoms with E-state index < -0.39 is 24.6 Å². The molecule has 1 aliphatic rings. The third kappa shape index (κ3) is 13.0. The highest BCUT2D eigenvalue weighted by Crippen LogP contribution is 2.22. The summed E-state index contributed by atoms with van der Waals surface area (Å²) in [5.74, 6) is 2.50. The Morgan fingerprint density at radius 3 is 2.10 bits per heavy atom. The van der Waals surface area contributed by atoms with Crippen molar-refractivity contribution in [3.63, 3.8) is 0 Å². The molecule has 5 nitrogen and oxygen atoms in total. The molecule has 5 heteroatoms. The molecule has 0 aromatic rings. The summed E-state index contributed by atoms with van der Waals surface area (Å²) in [5, 5.41) is 29.0. The van der Waals surface area contributed by atoms with E-state index >= 15 is 0 Å². The summed E-state index contributed by atoms with van der Waals surface area (Å²) in [5.41, 5.74) is 1.37. The number of hydrogen-bond acceptors (Lipinski definition) is 5. The quantitative estimate of drug-likeness (QED) is 0.226. The van der Waals surface area contributed by atoms with Gasteiger partial charge in [-0.2, -0.15) is 0 Å². The van der Waals surface area contributed by atoms with E-state index in [0.29, 0.717) is 6.61 Å². The number of aliphatic hydroxyl groups is 3. The lowest BCUT2D eigenvalue weighted by atomic mass is 9.91. The monoisotopic (exact) mass is 442 g/mol. The summed E-state index contributed by atoms with van der Waals surface area (Å²) < 4.78 is 10.8. The smallest absolute Gasteiger partial charge is 0.186 e. The fourth-order valence-corrected chi connectivity index (χ4v) is 4.22. The summed E-state index contributed by atoms with van der Waals surface area (Å²) in [4.78, 5) is 0. The molecule has 0 aliphatic carbocycles. The van der Waals surface area contributed by atoms with Crippen molar-refractivity contribution in [1.29, 1.82) is 0 Å².